The van der Waals surface area contributed by atoms with Crippen LogP contribution in [0.5, 0.6) is 0 Å². The van der Waals surface area contributed by atoms with Crippen LogP contribution in [0.4, 0.5) is 4.39 Å². The SMILES string of the molecule is CC(NCCN1CCCCCC1)c1ccc(F)cc1Cl. The highest BCUT2D eigenvalue weighted by atomic mass is 35.5. The van der Waals surface area contributed by atoms with E-state index in [1.807, 2.05) is 0 Å². The van der Waals surface area contributed by atoms with Crippen LogP contribution in [0.15, 0.2) is 18.2 Å². The lowest BCUT2D eigenvalue weighted by atomic mass is 10.1. The van der Waals surface area contributed by atoms with E-state index in [2.05, 4.69) is 17.1 Å². The molecular weight excluding hydrogens is 275 g/mol. The van der Waals surface area contributed by atoms with E-state index < -0.39 is 0 Å². The van der Waals surface area contributed by atoms with E-state index in [1.165, 1.54) is 50.9 Å². The summed E-state index contributed by atoms with van der Waals surface area (Å²) in [5.41, 5.74) is 0.962. The highest BCUT2D eigenvalue weighted by Crippen LogP contribution is 2.23. The van der Waals surface area contributed by atoms with Crippen molar-refractivity contribution in [1.29, 1.82) is 0 Å². The average molecular weight is 299 g/mol. The number of rotatable bonds is 5. The van der Waals surface area contributed by atoms with Crippen LogP contribution in [0.2, 0.25) is 5.02 Å². The van der Waals surface area contributed by atoms with Gasteiger partial charge in [0.25, 0.3) is 0 Å². The second-order valence-electron chi connectivity index (χ2n) is 5.60. The van der Waals surface area contributed by atoms with Gasteiger partial charge in [0.15, 0.2) is 0 Å². The number of nitrogens with zero attached hydrogens (tertiary/aromatic N) is 1. The molecule has 1 aliphatic rings. The van der Waals surface area contributed by atoms with Gasteiger partial charge in [-0.05, 0) is 50.6 Å². The van der Waals surface area contributed by atoms with Crippen LogP contribution in [0.3, 0.4) is 0 Å². The molecule has 0 spiro atoms. The molecule has 2 rings (SSSR count). The van der Waals surface area contributed by atoms with Crippen LogP contribution in [0.25, 0.3) is 0 Å². The van der Waals surface area contributed by atoms with E-state index in [4.69, 9.17) is 11.6 Å². The molecule has 1 aromatic carbocycles. The van der Waals surface area contributed by atoms with Gasteiger partial charge in [0.05, 0.1) is 0 Å². The molecule has 4 heteroatoms. The minimum atomic E-state index is -0.282. The van der Waals surface area contributed by atoms with Crippen LogP contribution >= 0.6 is 11.6 Å². The Morgan fingerprint density at radius 2 is 1.95 bits per heavy atom. The monoisotopic (exact) mass is 298 g/mol. The summed E-state index contributed by atoms with van der Waals surface area (Å²) in [7, 11) is 0. The largest absolute Gasteiger partial charge is 0.309 e. The number of likely N-dealkylation sites (tertiary alicyclic amines) is 1. The topological polar surface area (TPSA) is 15.3 Å². The molecule has 1 saturated heterocycles. The van der Waals surface area contributed by atoms with Crippen molar-refractivity contribution in [3.8, 4) is 0 Å². The third-order valence-corrected chi connectivity index (χ3v) is 4.33. The predicted molar refractivity (Wildman–Crippen MR) is 82.7 cm³/mol. The molecule has 112 valence electrons. The molecule has 20 heavy (non-hydrogen) atoms. The molecule has 0 saturated carbocycles. The van der Waals surface area contributed by atoms with E-state index in [0.29, 0.717) is 5.02 Å². The van der Waals surface area contributed by atoms with Crippen LogP contribution in [0.1, 0.15) is 44.2 Å². The van der Waals surface area contributed by atoms with Crippen LogP contribution in [0, 0.1) is 5.82 Å². The fraction of sp³-hybridized carbons (Fsp3) is 0.625. The third-order valence-electron chi connectivity index (χ3n) is 4.01. The van der Waals surface area contributed by atoms with Crippen molar-refractivity contribution in [3.63, 3.8) is 0 Å². The standard InChI is InChI=1S/C16H24ClFN2/c1-13(15-7-6-14(18)12-16(15)17)19-8-11-20-9-4-2-3-5-10-20/h6-7,12-13,19H,2-5,8-11H2,1H3. The van der Waals surface area contributed by atoms with Gasteiger partial charge >= 0.3 is 0 Å². The lowest BCUT2D eigenvalue weighted by Gasteiger charge is -2.22. The van der Waals surface area contributed by atoms with E-state index in [9.17, 15) is 4.39 Å². The molecule has 1 N–H and O–H groups in total. The summed E-state index contributed by atoms with van der Waals surface area (Å²) in [6.45, 7) is 6.51. The summed E-state index contributed by atoms with van der Waals surface area (Å²) in [6, 6.07) is 4.76. The summed E-state index contributed by atoms with van der Waals surface area (Å²) in [5, 5.41) is 3.98. The number of halogens is 2. The van der Waals surface area contributed by atoms with Gasteiger partial charge in [-0.25, -0.2) is 4.39 Å². The molecule has 1 aliphatic heterocycles. The van der Waals surface area contributed by atoms with Crippen LogP contribution < -0.4 is 5.32 Å². The Morgan fingerprint density at radius 3 is 2.60 bits per heavy atom. The summed E-state index contributed by atoms with van der Waals surface area (Å²) >= 11 is 6.08. The van der Waals surface area contributed by atoms with Crippen molar-refractivity contribution in [3.05, 3.63) is 34.6 Å². The lowest BCUT2D eigenvalue weighted by Crippen LogP contribution is -2.33. The molecule has 1 aromatic rings. The van der Waals surface area contributed by atoms with Gasteiger partial charge in [-0.15, -0.1) is 0 Å². The van der Waals surface area contributed by atoms with Crippen molar-refractivity contribution < 1.29 is 4.39 Å². The summed E-state index contributed by atoms with van der Waals surface area (Å²) < 4.78 is 13.0. The van der Waals surface area contributed by atoms with Gasteiger partial charge in [0, 0.05) is 24.2 Å². The number of hydrogen-bond donors (Lipinski definition) is 1. The van der Waals surface area contributed by atoms with Gasteiger partial charge in [-0.1, -0.05) is 30.5 Å². The third kappa shape index (κ3) is 4.72. The number of nitrogens with one attached hydrogen (secondary N) is 1. The first-order chi connectivity index (χ1) is 9.66. The Morgan fingerprint density at radius 1 is 1.25 bits per heavy atom. The number of benzene rings is 1. The van der Waals surface area contributed by atoms with E-state index in [1.54, 1.807) is 6.07 Å². The molecule has 0 bridgehead atoms. The minimum absolute atomic E-state index is 0.148. The fourth-order valence-electron chi connectivity index (χ4n) is 2.76. The summed E-state index contributed by atoms with van der Waals surface area (Å²) in [6.07, 6.45) is 5.37. The molecule has 1 fully saturated rings. The average Bonchev–Trinajstić information content (AvgIpc) is 2.67. The number of hydrogen-bond acceptors (Lipinski definition) is 2. The zero-order valence-corrected chi connectivity index (χ0v) is 12.9. The van der Waals surface area contributed by atoms with Gasteiger partial charge in [-0.3, -0.25) is 0 Å². The highest BCUT2D eigenvalue weighted by molar-refractivity contribution is 6.31. The van der Waals surface area contributed by atoms with Crippen molar-refractivity contribution in [1.82, 2.24) is 10.2 Å². The van der Waals surface area contributed by atoms with Gasteiger partial charge in [-0.2, -0.15) is 0 Å². The maximum atomic E-state index is 13.0. The smallest absolute Gasteiger partial charge is 0.124 e. The second-order valence-corrected chi connectivity index (χ2v) is 6.00. The first-order valence-corrected chi connectivity index (χ1v) is 7.95. The van der Waals surface area contributed by atoms with E-state index in [-0.39, 0.29) is 11.9 Å². The van der Waals surface area contributed by atoms with Crippen LogP contribution in [-0.4, -0.2) is 31.1 Å². The van der Waals surface area contributed by atoms with Crippen molar-refractivity contribution in [2.24, 2.45) is 0 Å². The quantitative estimate of drug-likeness (QED) is 0.884. The molecule has 0 aromatic heterocycles. The molecule has 0 amide bonds. The first-order valence-electron chi connectivity index (χ1n) is 7.57. The lowest BCUT2D eigenvalue weighted by molar-refractivity contribution is 0.280. The molecule has 1 atom stereocenters. The Bertz CT molecular complexity index is 417. The normalized spacial score (nSPS) is 18.8. The maximum absolute atomic E-state index is 13.0. The molecule has 1 unspecified atom stereocenters. The molecule has 0 aliphatic carbocycles. The Labute approximate surface area is 126 Å². The maximum Gasteiger partial charge on any atom is 0.124 e. The van der Waals surface area contributed by atoms with Gasteiger partial charge in [0.1, 0.15) is 5.82 Å². The first kappa shape index (κ1) is 15.7. The van der Waals surface area contributed by atoms with Gasteiger partial charge < -0.3 is 10.2 Å². The molecular formula is C16H24ClFN2. The van der Waals surface area contributed by atoms with E-state index >= 15 is 0 Å². The minimum Gasteiger partial charge on any atom is -0.309 e. The fourth-order valence-corrected chi connectivity index (χ4v) is 3.09. The Balaban J connectivity index is 1.78. The van der Waals surface area contributed by atoms with Crippen molar-refractivity contribution >= 4 is 11.6 Å². The Hall–Kier alpha value is -0.640. The highest BCUT2D eigenvalue weighted by Gasteiger charge is 2.12. The van der Waals surface area contributed by atoms with E-state index in [0.717, 1.165) is 18.7 Å². The molecule has 1 heterocycles. The summed E-state index contributed by atoms with van der Waals surface area (Å²) in [5.74, 6) is -0.282. The van der Waals surface area contributed by atoms with Crippen molar-refractivity contribution in [2.45, 2.75) is 38.6 Å². The second kappa shape index (κ2) is 7.96. The zero-order valence-electron chi connectivity index (χ0n) is 12.2. The van der Waals surface area contributed by atoms with Crippen molar-refractivity contribution in [2.75, 3.05) is 26.2 Å². The summed E-state index contributed by atoms with van der Waals surface area (Å²) in [4.78, 5) is 2.53. The molecule has 0 radical (unpaired) electrons. The Kier molecular flexibility index (Phi) is 6.27. The predicted octanol–water partition coefficient (Wildman–Crippen LogP) is 4.01. The van der Waals surface area contributed by atoms with Gasteiger partial charge in [0.2, 0.25) is 0 Å². The van der Waals surface area contributed by atoms with Crippen LogP contribution in [-0.2, 0) is 0 Å². The zero-order chi connectivity index (χ0) is 14.4. The molecule has 2 nitrogen and oxygen atoms in total.